The summed E-state index contributed by atoms with van der Waals surface area (Å²) in [6.45, 7) is 1.98. The first-order chi connectivity index (χ1) is 12.7. The van der Waals surface area contributed by atoms with E-state index < -0.39 is 0 Å². The largest absolute Gasteiger partial charge is 0.493 e. The lowest BCUT2D eigenvalue weighted by Gasteiger charge is -2.27. The Balaban J connectivity index is 1.69. The summed E-state index contributed by atoms with van der Waals surface area (Å²) in [5, 5.41) is 4.52. The van der Waals surface area contributed by atoms with Gasteiger partial charge in [-0.05, 0) is 44.0 Å². The molecule has 2 aromatic heterocycles. The van der Waals surface area contributed by atoms with E-state index in [0.29, 0.717) is 11.4 Å². The first-order valence-electron chi connectivity index (χ1n) is 8.74. The number of methoxy groups -OCH3 is 1. The number of carbonyl (C=O) groups is 1. The van der Waals surface area contributed by atoms with Crippen molar-refractivity contribution in [3.63, 3.8) is 0 Å². The van der Waals surface area contributed by atoms with Crippen molar-refractivity contribution in [2.75, 3.05) is 7.11 Å². The van der Waals surface area contributed by atoms with Crippen molar-refractivity contribution < 1.29 is 13.9 Å². The lowest BCUT2D eigenvalue weighted by atomic mass is 10.2. The molecule has 1 fully saturated rings. The maximum Gasteiger partial charge on any atom is 0.279 e. The Morgan fingerprint density at radius 2 is 2.04 bits per heavy atom. The molecule has 1 aliphatic rings. The average Bonchev–Trinajstić information content (AvgIpc) is 3.19. The molecular weight excluding hydrogens is 330 g/mol. The zero-order valence-electron chi connectivity index (χ0n) is 14.8. The van der Waals surface area contributed by atoms with E-state index >= 15 is 0 Å². The molecule has 26 heavy (non-hydrogen) atoms. The van der Waals surface area contributed by atoms with Gasteiger partial charge >= 0.3 is 0 Å². The zero-order valence-corrected chi connectivity index (χ0v) is 14.8. The number of hydrogen-bond donors (Lipinski definition) is 0. The molecule has 0 bridgehead atoms. The van der Waals surface area contributed by atoms with Gasteiger partial charge in [-0.1, -0.05) is 18.2 Å². The Kier molecular flexibility index (Phi) is 4.24. The standard InChI is InChI=1S/C20H21N3O3/c1-14(17-9-6-12-26-17)23(16-10-11-16)20(24)19-18(25-2)13-22(21-19)15-7-4-3-5-8-15/h3-9,12-14,16H,10-11H2,1-2H3. The van der Waals surface area contributed by atoms with Crippen molar-refractivity contribution in [1.29, 1.82) is 0 Å². The van der Waals surface area contributed by atoms with E-state index in [9.17, 15) is 4.79 Å². The fourth-order valence-corrected chi connectivity index (χ4v) is 3.17. The van der Waals surface area contributed by atoms with Gasteiger partial charge in [0.25, 0.3) is 5.91 Å². The third kappa shape index (κ3) is 2.98. The molecule has 0 aliphatic heterocycles. The summed E-state index contributed by atoms with van der Waals surface area (Å²) in [5.74, 6) is 1.10. The first-order valence-corrected chi connectivity index (χ1v) is 8.74. The van der Waals surface area contributed by atoms with Gasteiger partial charge < -0.3 is 14.1 Å². The molecule has 6 heteroatoms. The van der Waals surface area contributed by atoms with Gasteiger partial charge in [-0.2, -0.15) is 5.10 Å². The molecule has 6 nitrogen and oxygen atoms in total. The molecule has 0 N–H and O–H groups in total. The zero-order chi connectivity index (χ0) is 18.1. The summed E-state index contributed by atoms with van der Waals surface area (Å²) in [6.07, 6.45) is 5.37. The highest BCUT2D eigenvalue weighted by atomic mass is 16.5. The van der Waals surface area contributed by atoms with Crippen LogP contribution in [0.5, 0.6) is 5.75 Å². The predicted octanol–water partition coefficient (Wildman–Crippen LogP) is 3.84. The number of benzene rings is 1. The van der Waals surface area contributed by atoms with Crippen LogP contribution >= 0.6 is 0 Å². The summed E-state index contributed by atoms with van der Waals surface area (Å²) in [6, 6.07) is 13.5. The Bertz CT molecular complexity index is 882. The van der Waals surface area contributed by atoms with Gasteiger partial charge in [-0.3, -0.25) is 4.79 Å². The fourth-order valence-electron chi connectivity index (χ4n) is 3.17. The topological polar surface area (TPSA) is 60.5 Å². The van der Waals surface area contributed by atoms with Crippen LogP contribution in [0.2, 0.25) is 0 Å². The van der Waals surface area contributed by atoms with Crippen molar-refractivity contribution in [1.82, 2.24) is 14.7 Å². The van der Waals surface area contributed by atoms with Gasteiger partial charge in [0.05, 0.1) is 31.3 Å². The highest BCUT2D eigenvalue weighted by molar-refractivity contribution is 5.95. The van der Waals surface area contributed by atoms with Crippen LogP contribution in [-0.2, 0) is 0 Å². The first kappa shape index (κ1) is 16.4. The number of ether oxygens (including phenoxy) is 1. The minimum atomic E-state index is -0.156. The van der Waals surface area contributed by atoms with E-state index in [1.54, 1.807) is 24.3 Å². The van der Waals surface area contributed by atoms with Gasteiger partial charge in [0.15, 0.2) is 11.4 Å². The number of nitrogens with zero attached hydrogens (tertiary/aromatic N) is 3. The number of furan rings is 1. The Morgan fingerprint density at radius 1 is 1.27 bits per heavy atom. The summed E-state index contributed by atoms with van der Waals surface area (Å²) in [4.78, 5) is 15.2. The summed E-state index contributed by atoms with van der Waals surface area (Å²) in [5.41, 5.74) is 1.20. The third-order valence-electron chi connectivity index (χ3n) is 4.67. The number of rotatable bonds is 6. The number of carbonyl (C=O) groups excluding carboxylic acids is 1. The average molecular weight is 351 g/mol. The minimum Gasteiger partial charge on any atom is -0.493 e. The Hall–Kier alpha value is -3.02. The van der Waals surface area contributed by atoms with Crippen molar-refractivity contribution in [2.24, 2.45) is 0 Å². The van der Waals surface area contributed by atoms with Gasteiger partial charge in [0, 0.05) is 6.04 Å². The highest BCUT2D eigenvalue weighted by Gasteiger charge is 2.39. The molecule has 134 valence electrons. The summed E-state index contributed by atoms with van der Waals surface area (Å²) < 4.78 is 12.6. The van der Waals surface area contributed by atoms with Gasteiger partial charge in [0.2, 0.25) is 0 Å². The maximum absolute atomic E-state index is 13.3. The van der Waals surface area contributed by atoms with Crippen LogP contribution in [-0.4, -0.2) is 33.7 Å². The second-order valence-electron chi connectivity index (χ2n) is 6.46. The number of amides is 1. The minimum absolute atomic E-state index is 0.136. The van der Waals surface area contributed by atoms with Crippen LogP contribution in [0.3, 0.4) is 0 Å². The molecule has 1 saturated carbocycles. The lowest BCUT2D eigenvalue weighted by Crippen LogP contribution is -2.36. The van der Waals surface area contributed by atoms with E-state index in [-0.39, 0.29) is 18.0 Å². The molecule has 4 rings (SSSR count). The highest BCUT2D eigenvalue weighted by Crippen LogP contribution is 2.36. The van der Waals surface area contributed by atoms with Crippen molar-refractivity contribution in [2.45, 2.75) is 31.8 Å². The molecule has 0 saturated heterocycles. The quantitative estimate of drug-likeness (QED) is 0.677. The summed E-state index contributed by atoms with van der Waals surface area (Å²) in [7, 11) is 1.56. The molecule has 3 aromatic rings. The normalized spacial score (nSPS) is 14.8. The van der Waals surface area contributed by atoms with E-state index in [1.165, 1.54) is 0 Å². The third-order valence-corrected chi connectivity index (χ3v) is 4.67. The number of para-hydroxylation sites is 1. The second kappa shape index (κ2) is 6.71. The maximum atomic E-state index is 13.3. The van der Waals surface area contributed by atoms with E-state index in [1.807, 2.05) is 54.3 Å². The van der Waals surface area contributed by atoms with Crippen LogP contribution in [0.25, 0.3) is 5.69 Å². The molecule has 2 heterocycles. The molecule has 1 atom stereocenters. The van der Waals surface area contributed by atoms with Crippen molar-refractivity contribution >= 4 is 5.91 Å². The van der Waals surface area contributed by atoms with Gasteiger partial charge in [-0.15, -0.1) is 0 Å². The van der Waals surface area contributed by atoms with Crippen LogP contribution in [0.15, 0.2) is 59.3 Å². The smallest absolute Gasteiger partial charge is 0.279 e. The molecule has 1 aromatic carbocycles. The molecule has 1 unspecified atom stereocenters. The van der Waals surface area contributed by atoms with Gasteiger partial charge in [0.1, 0.15) is 5.76 Å². The Morgan fingerprint density at radius 3 is 2.65 bits per heavy atom. The van der Waals surface area contributed by atoms with E-state index in [2.05, 4.69) is 5.10 Å². The number of hydrogen-bond acceptors (Lipinski definition) is 4. The predicted molar refractivity (Wildman–Crippen MR) is 96.4 cm³/mol. The lowest BCUT2D eigenvalue weighted by molar-refractivity contribution is 0.0642. The van der Waals surface area contributed by atoms with E-state index in [4.69, 9.17) is 9.15 Å². The molecule has 0 spiro atoms. The van der Waals surface area contributed by atoms with Crippen LogP contribution in [0.4, 0.5) is 0 Å². The molecule has 0 radical (unpaired) electrons. The monoisotopic (exact) mass is 351 g/mol. The van der Waals surface area contributed by atoms with Crippen LogP contribution in [0, 0.1) is 0 Å². The van der Waals surface area contributed by atoms with Crippen molar-refractivity contribution in [3.05, 3.63) is 66.4 Å². The van der Waals surface area contributed by atoms with Crippen LogP contribution < -0.4 is 4.74 Å². The molecular formula is C20H21N3O3. The van der Waals surface area contributed by atoms with E-state index in [0.717, 1.165) is 24.3 Å². The number of aromatic nitrogens is 2. The van der Waals surface area contributed by atoms with Crippen LogP contribution in [0.1, 0.15) is 42.1 Å². The molecule has 1 amide bonds. The SMILES string of the molecule is COc1cn(-c2ccccc2)nc1C(=O)N(C1CC1)C(C)c1ccco1. The summed E-state index contributed by atoms with van der Waals surface area (Å²) >= 11 is 0. The molecule has 1 aliphatic carbocycles. The van der Waals surface area contributed by atoms with Gasteiger partial charge in [-0.25, -0.2) is 4.68 Å². The second-order valence-corrected chi connectivity index (χ2v) is 6.46. The van der Waals surface area contributed by atoms with Crippen molar-refractivity contribution in [3.8, 4) is 11.4 Å². The fraction of sp³-hybridized carbons (Fsp3) is 0.300. The Labute approximate surface area is 152 Å².